The van der Waals surface area contributed by atoms with Crippen LogP contribution >= 0.6 is 0 Å². The third-order valence-electron chi connectivity index (χ3n) is 4.11. The lowest BCUT2D eigenvalue weighted by Crippen LogP contribution is -2.40. The molecule has 0 bridgehead atoms. The first kappa shape index (κ1) is 15.9. The normalized spacial score (nSPS) is 16.1. The van der Waals surface area contributed by atoms with Gasteiger partial charge in [0, 0.05) is 38.0 Å². The van der Waals surface area contributed by atoms with Crippen LogP contribution in [-0.4, -0.2) is 46.0 Å². The molecule has 7 heteroatoms. The van der Waals surface area contributed by atoms with Crippen molar-refractivity contribution >= 4 is 5.82 Å². The van der Waals surface area contributed by atoms with E-state index in [0.717, 1.165) is 48.8 Å². The number of hydrogen-bond donors (Lipinski definition) is 1. The third-order valence-corrected chi connectivity index (χ3v) is 4.11. The van der Waals surface area contributed by atoms with E-state index in [9.17, 15) is 0 Å². The van der Waals surface area contributed by atoms with Crippen molar-refractivity contribution in [3.05, 3.63) is 29.2 Å². The Hall–Kier alpha value is -1.99. The molecule has 0 unspecified atom stereocenters. The van der Waals surface area contributed by atoms with E-state index in [0.29, 0.717) is 18.6 Å². The monoisotopic (exact) mass is 316 g/mol. The molecule has 0 atom stereocenters. The van der Waals surface area contributed by atoms with Gasteiger partial charge in [-0.05, 0) is 32.8 Å². The molecule has 1 aliphatic rings. The van der Waals surface area contributed by atoms with Crippen molar-refractivity contribution in [1.82, 2.24) is 19.7 Å². The summed E-state index contributed by atoms with van der Waals surface area (Å²) in [5, 5.41) is 4.49. The lowest BCUT2D eigenvalue weighted by Gasteiger charge is -2.31. The molecular weight excluding hydrogens is 292 g/mol. The van der Waals surface area contributed by atoms with Gasteiger partial charge in [0.1, 0.15) is 5.82 Å². The summed E-state index contributed by atoms with van der Waals surface area (Å²) in [6.45, 7) is 6.26. The number of nitrogens with two attached hydrogens (primary N) is 1. The lowest BCUT2D eigenvalue weighted by molar-refractivity contribution is 0.181. The van der Waals surface area contributed by atoms with Crippen LogP contribution in [-0.2, 0) is 11.3 Å². The van der Waals surface area contributed by atoms with Crippen LogP contribution in [0.15, 0.2) is 12.1 Å². The molecule has 2 aromatic rings. The van der Waals surface area contributed by atoms with E-state index >= 15 is 0 Å². The summed E-state index contributed by atoms with van der Waals surface area (Å²) in [4.78, 5) is 11.6. The quantitative estimate of drug-likeness (QED) is 0.917. The highest BCUT2D eigenvalue weighted by Gasteiger charge is 2.19. The second-order valence-corrected chi connectivity index (χ2v) is 6.11. The zero-order chi connectivity index (χ0) is 16.4. The Morgan fingerprint density at radius 2 is 1.96 bits per heavy atom. The summed E-state index contributed by atoms with van der Waals surface area (Å²) in [5.41, 5.74) is 8.83. The summed E-state index contributed by atoms with van der Waals surface area (Å²) in [6.07, 6.45) is 1.97. The number of rotatable bonds is 4. The first-order chi connectivity index (χ1) is 11.1. The molecule has 2 N–H and O–H groups in total. The van der Waals surface area contributed by atoms with Crippen molar-refractivity contribution in [2.45, 2.75) is 39.3 Å². The van der Waals surface area contributed by atoms with Crippen molar-refractivity contribution in [3.63, 3.8) is 0 Å². The van der Waals surface area contributed by atoms with Gasteiger partial charge in [-0.15, -0.1) is 0 Å². The van der Waals surface area contributed by atoms with Gasteiger partial charge in [0.25, 0.3) is 5.95 Å². The van der Waals surface area contributed by atoms with Crippen molar-refractivity contribution < 1.29 is 4.74 Å². The van der Waals surface area contributed by atoms with Crippen molar-refractivity contribution in [2.75, 3.05) is 25.1 Å². The summed E-state index contributed by atoms with van der Waals surface area (Å²) in [6, 6.07) is 4.31. The Kier molecular flexibility index (Phi) is 4.58. The van der Waals surface area contributed by atoms with E-state index in [1.54, 1.807) is 11.8 Å². The molecule has 23 heavy (non-hydrogen) atoms. The van der Waals surface area contributed by atoms with E-state index in [4.69, 9.17) is 15.5 Å². The molecule has 0 spiro atoms. The van der Waals surface area contributed by atoms with Crippen LogP contribution in [0, 0.1) is 13.8 Å². The number of methoxy groups -OCH3 is 1. The first-order valence-electron chi connectivity index (χ1n) is 7.98. The summed E-state index contributed by atoms with van der Waals surface area (Å²) >= 11 is 0. The van der Waals surface area contributed by atoms with Crippen LogP contribution in [0.1, 0.15) is 29.9 Å². The maximum Gasteiger partial charge on any atom is 0.253 e. The van der Waals surface area contributed by atoms with Crippen LogP contribution in [0.3, 0.4) is 0 Å². The molecule has 0 aliphatic carbocycles. The van der Waals surface area contributed by atoms with Crippen LogP contribution in [0.25, 0.3) is 5.95 Å². The Labute approximate surface area is 136 Å². The van der Waals surface area contributed by atoms with Gasteiger partial charge in [-0.1, -0.05) is 0 Å². The first-order valence-corrected chi connectivity index (χ1v) is 7.98. The zero-order valence-corrected chi connectivity index (χ0v) is 14.0. The van der Waals surface area contributed by atoms with Gasteiger partial charge < -0.3 is 15.4 Å². The third kappa shape index (κ3) is 3.51. The number of anilines is 1. The van der Waals surface area contributed by atoms with E-state index < -0.39 is 0 Å². The van der Waals surface area contributed by atoms with Crippen LogP contribution in [0.2, 0.25) is 0 Å². The maximum atomic E-state index is 6.00. The molecule has 3 rings (SSSR count). The number of ether oxygens (including phenoxy) is 1. The van der Waals surface area contributed by atoms with E-state index in [1.165, 1.54) is 0 Å². The molecular formula is C16H24N6O. The van der Waals surface area contributed by atoms with E-state index in [1.807, 2.05) is 26.0 Å². The largest absolute Gasteiger partial charge is 0.378 e. The lowest BCUT2D eigenvalue weighted by atomic mass is 10.1. The summed E-state index contributed by atoms with van der Waals surface area (Å²) in [7, 11) is 1.67. The number of nitrogens with zero attached hydrogens (tertiary/aromatic N) is 5. The Bertz CT molecular complexity index is 675. The molecule has 0 saturated carbocycles. The fraction of sp³-hybridized carbons (Fsp3) is 0.562. The van der Waals surface area contributed by atoms with Crippen molar-refractivity contribution in [3.8, 4) is 5.95 Å². The zero-order valence-electron chi connectivity index (χ0n) is 14.0. The SMILES string of the molecule is COCc1cc(N2CCC(N)CC2)nc(-n2nc(C)cc2C)n1. The van der Waals surface area contributed by atoms with Gasteiger partial charge in [0.05, 0.1) is 18.0 Å². The minimum Gasteiger partial charge on any atom is -0.378 e. The molecule has 1 fully saturated rings. The Balaban J connectivity index is 1.97. The highest BCUT2D eigenvalue weighted by molar-refractivity contribution is 5.43. The minimum absolute atomic E-state index is 0.294. The summed E-state index contributed by atoms with van der Waals surface area (Å²) < 4.78 is 7.04. The van der Waals surface area contributed by atoms with E-state index in [-0.39, 0.29) is 0 Å². The number of aromatic nitrogens is 4. The maximum absolute atomic E-state index is 6.00. The predicted octanol–water partition coefficient (Wildman–Crippen LogP) is 1.35. The average Bonchev–Trinajstić information content (AvgIpc) is 2.87. The summed E-state index contributed by atoms with van der Waals surface area (Å²) in [5.74, 6) is 1.51. The molecule has 0 amide bonds. The fourth-order valence-electron chi connectivity index (χ4n) is 2.91. The molecule has 2 aromatic heterocycles. The van der Waals surface area contributed by atoms with Crippen molar-refractivity contribution in [1.29, 1.82) is 0 Å². The molecule has 1 saturated heterocycles. The smallest absolute Gasteiger partial charge is 0.253 e. The predicted molar refractivity (Wildman–Crippen MR) is 88.8 cm³/mol. The minimum atomic E-state index is 0.294. The highest BCUT2D eigenvalue weighted by atomic mass is 16.5. The topological polar surface area (TPSA) is 82.1 Å². The Morgan fingerprint density at radius 1 is 1.22 bits per heavy atom. The molecule has 1 aliphatic heterocycles. The highest BCUT2D eigenvalue weighted by Crippen LogP contribution is 2.20. The molecule has 3 heterocycles. The van der Waals surface area contributed by atoms with E-state index in [2.05, 4.69) is 15.0 Å². The van der Waals surface area contributed by atoms with Gasteiger partial charge in [-0.25, -0.2) is 9.67 Å². The number of piperidine rings is 1. The molecule has 7 nitrogen and oxygen atoms in total. The molecule has 0 radical (unpaired) electrons. The standard InChI is InChI=1S/C16H24N6O/c1-11-8-12(2)22(20-11)16-18-14(10-23-3)9-15(19-16)21-6-4-13(17)5-7-21/h8-9,13H,4-7,10,17H2,1-3H3. The number of aryl methyl sites for hydroxylation is 2. The van der Waals surface area contributed by atoms with Gasteiger partial charge in [0.15, 0.2) is 0 Å². The van der Waals surface area contributed by atoms with Crippen LogP contribution in [0.5, 0.6) is 0 Å². The van der Waals surface area contributed by atoms with Gasteiger partial charge in [-0.3, -0.25) is 0 Å². The second kappa shape index (κ2) is 6.64. The Morgan fingerprint density at radius 3 is 2.57 bits per heavy atom. The van der Waals surface area contributed by atoms with Gasteiger partial charge >= 0.3 is 0 Å². The second-order valence-electron chi connectivity index (χ2n) is 6.11. The molecule has 0 aromatic carbocycles. The fourth-order valence-corrected chi connectivity index (χ4v) is 2.91. The number of hydrogen-bond acceptors (Lipinski definition) is 6. The average molecular weight is 316 g/mol. The van der Waals surface area contributed by atoms with Gasteiger partial charge in [0.2, 0.25) is 0 Å². The van der Waals surface area contributed by atoms with Crippen LogP contribution < -0.4 is 10.6 Å². The van der Waals surface area contributed by atoms with Crippen molar-refractivity contribution in [2.24, 2.45) is 5.73 Å². The molecule has 124 valence electrons. The van der Waals surface area contributed by atoms with Gasteiger partial charge in [-0.2, -0.15) is 10.1 Å². The van der Waals surface area contributed by atoms with Crippen LogP contribution in [0.4, 0.5) is 5.82 Å².